The van der Waals surface area contributed by atoms with E-state index in [2.05, 4.69) is 5.32 Å². The van der Waals surface area contributed by atoms with E-state index >= 15 is 0 Å². The molecule has 1 rings (SSSR count). The summed E-state index contributed by atoms with van der Waals surface area (Å²) in [6.45, 7) is 8.68. The highest BCUT2D eigenvalue weighted by Crippen LogP contribution is 2.27. The van der Waals surface area contributed by atoms with Gasteiger partial charge in [-0.2, -0.15) is 0 Å². The van der Waals surface area contributed by atoms with E-state index in [1.54, 1.807) is 46.2 Å². The maximum Gasteiger partial charge on any atom is 0.408 e. The number of nitrogens with one attached hydrogen (secondary N) is 1. The molecule has 1 unspecified atom stereocenters. The van der Waals surface area contributed by atoms with Gasteiger partial charge in [-0.3, -0.25) is 0 Å². The van der Waals surface area contributed by atoms with Crippen LogP contribution in [-0.4, -0.2) is 35.6 Å². The van der Waals surface area contributed by atoms with Crippen molar-refractivity contribution in [3.63, 3.8) is 0 Å². The lowest BCUT2D eigenvalue weighted by molar-refractivity contribution is -0.109. The van der Waals surface area contributed by atoms with Crippen molar-refractivity contribution in [2.24, 2.45) is 7.05 Å². The number of aldehydes is 1. The predicted octanol–water partition coefficient (Wildman–Crippen LogP) is 2.19. The van der Waals surface area contributed by atoms with Crippen LogP contribution in [-0.2, 0) is 21.3 Å². The Morgan fingerprint density at radius 1 is 1.22 bits per heavy atom. The van der Waals surface area contributed by atoms with Gasteiger partial charge < -0.3 is 24.2 Å². The smallest absolute Gasteiger partial charge is 0.408 e. The number of hydrogen-bond donors (Lipinski definition) is 1. The number of carbonyl (C=O) groups is 3. The summed E-state index contributed by atoms with van der Waals surface area (Å²) >= 11 is 0. The molecule has 1 aromatic heterocycles. The lowest BCUT2D eigenvalue weighted by Crippen LogP contribution is -2.36. The van der Waals surface area contributed by atoms with Crippen molar-refractivity contribution >= 4 is 18.3 Å². The topological polar surface area (TPSA) is 86.6 Å². The second kappa shape index (κ2) is 6.85. The maximum atomic E-state index is 12.1. The molecule has 1 heterocycles. The molecule has 1 N–H and O–H groups in total. The minimum atomic E-state index is -1.00. The highest BCUT2D eigenvalue weighted by atomic mass is 16.6. The van der Waals surface area contributed by atoms with Crippen LogP contribution in [0.1, 0.15) is 54.1 Å². The van der Waals surface area contributed by atoms with Crippen molar-refractivity contribution in [3.05, 3.63) is 22.5 Å². The summed E-state index contributed by atoms with van der Waals surface area (Å²) in [4.78, 5) is 35.5. The summed E-state index contributed by atoms with van der Waals surface area (Å²) in [5.74, 6) is -0.556. The van der Waals surface area contributed by atoms with Gasteiger partial charge >= 0.3 is 12.1 Å². The minimum Gasteiger partial charge on any atom is -0.465 e. The van der Waals surface area contributed by atoms with E-state index in [0.29, 0.717) is 23.2 Å². The summed E-state index contributed by atoms with van der Waals surface area (Å²) < 4.78 is 11.7. The summed E-state index contributed by atoms with van der Waals surface area (Å²) in [5, 5.41) is 2.49. The molecule has 0 bridgehead atoms. The third-order valence-electron chi connectivity index (χ3n) is 3.54. The SMILES string of the molecule is COC(=O)c1c(C(C=O)NC(=O)OC(C)(C)C)c(C)n(C)c1C. The number of nitrogens with zero attached hydrogens (tertiary/aromatic N) is 1. The monoisotopic (exact) mass is 324 g/mol. The van der Waals surface area contributed by atoms with Gasteiger partial charge in [-0.05, 0) is 34.6 Å². The van der Waals surface area contributed by atoms with Crippen molar-refractivity contribution < 1.29 is 23.9 Å². The van der Waals surface area contributed by atoms with Gasteiger partial charge in [0.15, 0.2) is 0 Å². The number of aromatic nitrogens is 1. The van der Waals surface area contributed by atoms with Gasteiger partial charge in [-0.25, -0.2) is 9.59 Å². The second-order valence-corrected chi connectivity index (χ2v) is 6.27. The summed E-state index contributed by atoms with van der Waals surface area (Å²) in [6, 6.07) is -1.00. The fourth-order valence-corrected chi connectivity index (χ4v) is 2.32. The number of ether oxygens (including phenoxy) is 2. The first-order chi connectivity index (χ1) is 10.5. The molecule has 1 atom stereocenters. The first-order valence-electron chi connectivity index (χ1n) is 7.22. The van der Waals surface area contributed by atoms with Gasteiger partial charge in [-0.1, -0.05) is 0 Å². The number of hydrogen-bond acceptors (Lipinski definition) is 5. The molecule has 0 radical (unpaired) electrons. The first kappa shape index (κ1) is 18.7. The molecule has 1 amide bonds. The molecular weight excluding hydrogens is 300 g/mol. The van der Waals surface area contributed by atoms with Crippen LogP contribution < -0.4 is 5.32 Å². The van der Waals surface area contributed by atoms with Gasteiger partial charge in [0.05, 0.1) is 12.7 Å². The summed E-state index contributed by atoms with van der Waals surface area (Å²) in [6.07, 6.45) is -0.163. The molecule has 0 aliphatic heterocycles. The third-order valence-corrected chi connectivity index (χ3v) is 3.54. The molecule has 0 aromatic carbocycles. The number of rotatable bonds is 4. The average molecular weight is 324 g/mol. The Kier molecular flexibility index (Phi) is 5.58. The highest BCUT2D eigenvalue weighted by Gasteiger charge is 2.30. The zero-order valence-electron chi connectivity index (χ0n) is 14.6. The number of amides is 1. The number of alkyl carbamates (subject to hydrolysis) is 1. The fraction of sp³-hybridized carbons (Fsp3) is 0.562. The molecule has 1 aromatic rings. The van der Waals surface area contributed by atoms with E-state index in [-0.39, 0.29) is 5.56 Å². The predicted molar refractivity (Wildman–Crippen MR) is 84.4 cm³/mol. The van der Waals surface area contributed by atoms with Crippen LogP contribution in [0.4, 0.5) is 4.79 Å². The lowest BCUT2D eigenvalue weighted by atomic mass is 10.0. The molecule has 0 spiro atoms. The van der Waals surface area contributed by atoms with Gasteiger partial charge in [-0.15, -0.1) is 0 Å². The van der Waals surface area contributed by atoms with Crippen molar-refractivity contribution in [2.45, 2.75) is 46.3 Å². The van der Waals surface area contributed by atoms with E-state index in [0.717, 1.165) is 0 Å². The number of carbonyl (C=O) groups excluding carboxylic acids is 3. The second-order valence-electron chi connectivity index (χ2n) is 6.27. The van der Waals surface area contributed by atoms with Crippen molar-refractivity contribution in [1.82, 2.24) is 9.88 Å². The van der Waals surface area contributed by atoms with Crippen LogP contribution in [0.15, 0.2) is 0 Å². The third kappa shape index (κ3) is 4.12. The minimum absolute atomic E-state index is 0.278. The molecule has 7 nitrogen and oxygen atoms in total. The van der Waals surface area contributed by atoms with Gasteiger partial charge in [0, 0.05) is 24.0 Å². The van der Waals surface area contributed by atoms with Crippen LogP contribution in [0.3, 0.4) is 0 Å². The summed E-state index contributed by atoms with van der Waals surface area (Å²) in [7, 11) is 3.04. The van der Waals surface area contributed by atoms with Crippen LogP contribution in [0.2, 0.25) is 0 Å². The van der Waals surface area contributed by atoms with Gasteiger partial charge in [0.2, 0.25) is 0 Å². The molecule has 0 aliphatic carbocycles. The van der Waals surface area contributed by atoms with Crippen molar-refractivity contribution in [1.29, 1.82) is 0 Å². The quantitative estimate of drug-likeness (QED) is 0.677. The van der Waals surface area contributed by atoms with Crippen molar-refractivity contribution in [2.75, 3.05) is 7.11 Å². The molecule has 0 aliphatic rings. The van der Waals surface area contributed by atoms with E-state index in [1.807, 2.05) is 0 Å². The van der Waals surface area contributed by atoms with E-state index in [4.69, 9.17) is 9.47 Å². The highest BCUT2D eigenvalue weighted by molar-refractivity contribution is 5.94. The molecular formula is C16H24N2O5. The molecule has 0 saturated carbocycles. The standard InChI is InChI=1S/C16H24N2O5/c1-9-12(13(14(20)22-7)10(2)18(9)6)11(8-19)17-15(21)23-16(3,4)5/h8,11H,1-7H3,(H,17,21). The van der Waals surface area contributed by atoms with Crippen LogP contribution in [0.5, 0.6) is 0 Å². The van der Waals surface area contributed by atoms with Crippen LogP contribution in [0, 0.1) is 13.8 Å². The van der Waals surface area contributed by atoms with Crippen molar-refractivity contribution in [3.8, 4) is 0 Å². The maximum absolute atomic E-state index is 12.1. The molecule has 0 fully saturated rings. The van der Waals surface area contributed by atoms with Gasteiger partial charge in [0.25, 0.3) is 0 Å². The van der Waals surface area contributed by atoms with E-state index in [1.165, 1.54) is 7.11 Å². The Morgan fingerprint density at radius 3 is 2.22 bits per heavy atom. The molecule has 7 heteroatoms. The number of methoxy groups -OCH3 is 1. The summed E-state index contributed by atoms with van der Waals surface area (Å²) in [5.41, 5.74) is 1.35. The molecule has 0 saturated heterocycles. The Hall–Kier alpha value is -2.31. The number of esters is 1. The molecule has 23 heavy (non-hydrogen) atoms. The molecule has 128 valence electrons. The Bertz CT molecular complexity index is 625. The van der Waals surface area contributed by atoms with E-state index < -0.39 is 23.7 Å². The Balaban J connectivity index is 3.26. The normalized spacial score (nSPS) is 12.5. The fourth-order valence-electron chi connectivity index (χ4n) is 2.32. The van der Waals surface area contributed by atoms with E-state index in [9.17, 15) is 14.4 Å². The van der Waals surface area contributed by atoms with Crippen LogP contribution in [0.25, 0.3) is 0 Å². The Labute approximate surface area is 135 Å². The van der Waals surface area contributed by atoms with Crippen LogP contribution >= 0.6 is 0 Å². The lowest BCUT2D eigenvalue weighted by Gasteiger charge is -2.22. The average Bonchev–Trinajstić information content (AvgIpc) is 2.66. The zero-order valence-corrected chi connectivity index (χ0v) is 14.6. The Morgan fingerprint density at radius 2 is 1.78 bits per heavy atom. The largest absolute Gasteiger partial charge is 0.465 e. The van der Waals surface area contributed by atoms with Gasteiger partial charge in [0.1, 0.15) is 17.9 Å². The first-order valence-corrected chi connectivity index (χ1v) is 7.22. The zero-order chi connectivity index (χ0) is 17.9.